The Bertz CT molecular complexity index is 420. The highest BCUT2D eigenvalue weighted by atomic mass is 16.5. The zero-order valence-corrected chi connectivity index (χ0v) is 12.9. The van der Waals surface area contributed by atoms with E-state index in [9.17, 15) is 5.11 Å². The number of aliphatic hydroxyl groups excluding tert-OH is 1. The van der Waals surface area contributed by atoms with Crippen LogP contribution in [0.4, 0.5) is 0 Å². The second kappa shape index (κ2) is 7.41. The summed E-state index contributed by atoms with van der Waals surface area (Å²) in [7, 11) is 0. The van der Waals surface area contributed by atoms with Crippen molar-refractivity contribution in [2.24, 2.45) is 5.92 Å². The number of hydrogen-bond acceptors (Lipinski definition) is 3. The minimum atomic E-state index is -0.435. The molecule has 4 nitrogen and oxygen atoms in total. The van der Waals surface area contributed by atoms with E-state index in [1.807, 2.05) is 10.8 Å². The Kier molecular flexibility index (Phi) is 5.31. The zero-order chi connectivity index (χ0) is 14.5. The van der Waals surface area contributed by atoms with Gasteiger partial charge in [0.25, 0.3) is 0 Å². The molecule has 3 rings (SSSR count). The molecule has 2 saturated carbocycles. The predicted octanol–water partition coefficient (Wildman–Crippen LogP) is 3.80. The monoisotopic (exact) mass is 292 g/mol. The summed E-state index contributed by atoms with van der Waals surface area (Å²) in [6.45, 7) is 0.532. The van der Waals surface area contributed by atoms with E-state index in [4.69, 9.17) is 4.74 Å². The molecule has 1 aromatic heterocycles. The van der Waals surface area contributed by atoms with E-state index in [2.05, 4.69) is 4.98 Å². The Morgan fingerprint density at radius 1 is 1.10 bits per heavy atom. The molecule has 0 aliphatic heterocycles. The Morgan fingerprint density at radius 3 is 2.48 bits per heavy atom. The lowest BCUT2D eigenvalue weighted by atomic mass is 9.85. The third-order valence-corrected chi connectivity index (χ3v) is 5.11. The van der Waals surface area contributed by atoms with Crippen molar-refractivity contribution in [2.45, 2.75) is 83.1 Å². The maximum atomic E-state index is 10.6. The molecule has 0 aromatic carbocycles. The molecule has 0 amide bonds. The summed E-state index contributed by atoms with van der Waals surface area (Å²) in [6.07, 6.45) is 16.0. The van der Waals surface area contributed by atoms with Gasteiger partial charge in [-0.15, -0.1) is 0 Å². The molecule has 2 fully saturated rings. The van der Waals surface area contributed by atoms with Gasteiger partial charge in [0.15, 0.2) is 0 Å². The molecule has 1 atom stereocenters. The van der Waals surface area contributed by atoms with Crippen molar-refractivity contribution in [3.63, 3.8) is 0 Å². The maximum absolute atomic E-state index is 10.6. The van der Waals surface area contributed by atoms with Crippen LogP contribution < -0.4 is 0 Å². The van der Waals surface area contributed by atoms with Crippen LogP contribution in [0.25, 0.3) is 0 Å². The van der Waals surface area contributed by atoms with Gasteiger partial charge in [0, 0.05) is 12.4 Å². The predicted molar refractivity (Wildman–Crippen MR) is 81.7 cm³/mol. The fourth-order valence-corrected chi connectivity index (χ4v) is 3.77. The lowest BCUT2D eigenvalue weighted by Gasteiger charge is -2.27. The first-order valence-corrected chi connectivity index (χ1v) is 8.65. The molecule has 0 radical (unpaired) electrons. The fraction of sp³-hybridized carbons (Fsp3) is 0.824. The molecule has 118 valence electrons. The first kappa shape index (κ1) is 15.0. The van der Waals surface area contributed by atoms with Crippen LogP contribution in [0.15, 0.2) is 12.4 Å². The number of ether oxygens (including phenoxy) is 1. The van der Waals surface area contributed by atoms with Crippen LogP contribution in [-0.4, -0.2) is 20.8 Å². The molecule has 1 aromatic rings. The van der Waals surface area contributed by atoms with Gasteiger partial charge < -0.3 is 14.4 Å². The summed E-state index contributed by atoms with van der Waals surface area (Å²) in [4.78, 5) is 4.39. The quantitative estimate of drug-likeness (QED) is 0.898. The number of nitrogens with zero attached hydrogens (tertiary/aromatic N) is 2. The molecule has 4 heteroatoms. The van der Waals surface area contributed by atoms with Gasteiger partial charge in [0.2, 0.25) is 0 Å². The molecule has 0 spiro atoms. The summed E-state index contributed by atoms with van der Waals surface area (Å²) < 4.78 is 8.01. The van der Waals surface area contributed by atoms with Gasteiger partial charge >= 0.3 is 0 Å². The standard InChI is InChI=1S/C17H28N2O2/c20-16(14-7-3-1-4-8-14)17-18-11-12-19(17)13-21-15-9-5-2-6-10-15/h11-12,14-16,20H,1-10,13H2. The Morgan fingerprint density at radius 2 is 1.76 bits per heavy atom. The molecule has 1 N–H and O–H groups in total. The van der Waals surface area contributed by atoms with Crippen LogP contribution in [0, 0.1) is 5.92 Å². The van der Waals surface area contributed by atoms with Gasteiger partial charge in [0.1, 0.15) is 18.7 Å². The minimum absolute atomic E-state index is 0.370. The lowest BCUT2D eigenvalue weighted by molar-refractivity contribution is -0.0193. The van der Waals surface area contributed by atoms with Crippen molar-refractivity contribution in [3.8, 4) is 0 Å². The molecule has 2 aliphatic carbocycles. The second-order valence-electron chi connectivity index (χ2n) is 6.65. The third-order valence-electron chi connectivity index (χ3n) is 5.11. The first-order chi connectivity index (χ1) is 10.3. The van der Waals surface area contributed by atoms with E-state index in [0.29, 0.717) is 18.8 Å². The summed E-state index contributed by atoms with van der Waals surface area (Å²) >= 11 is 0. The van der Waals surface area contributed by atoms with E-state index in [1.54, 1.807) is 6.20 Å². The lowest BCUT2D eigenvalue weighted by Crippen LogP contribution is -2.22. The van der Waals surface area contributed by atoms with Gasteiger partial charge in [-0.1, -0.05) is 38.5 Å². The molecule has 21 heavy (non-hydrogen) atoms. The van der Waals surface area contributed by atoms with Gasteiger partial charge in [-0.2, -0.15) is 0 Å². The number of aliphatic hydroxyl groups is 1. The van der Waals surface area contributed by atoms with Gasteiger partial charge in [-0.25, -0.2) is 4.98 Å². The van der Waals surface area contributed by atoms with Crippen molar-refractivity contribution >= 4 is 0 Å². The Hall–Kier alpha value is -0.870. The first-order valence-electron chi connectivity index (χ1n) is 8.65. The largest absolute Gasteiger partial charge is 0.385 e. The van der Waals surface area contributed by atoms with Crippen molar-refractivity contribution in [2.75, 3.05) is 0 Å². The molecule has 2 aliphatic rings. The Balaban J connectivity index is 1.57. The second-order valence-corrected chi connectivity index (χ2v) is 6.65. The fourth-order valence-electron chi connectivity index (χ4n) is 3.77. The summed E-state index contributed by atoms with van der Waals surface area (Å²) in [6, 6.07) is 0. The molecular formula is C17H28N2O2. The average Bonchev–Trinajstić information content (AvgIpc) is 3.02. The zero-order valence-electron chi connectivity index (χ0n) is 12.9. The van der Waals surface area contributed by atoms with Gasteiger partial charge in [-0.05, 0) is 31.6 Å². The summed E-state index contributed by atoms with van der Waals surface area (Å²) in [5, 5.41) is 10.6. The SMILES string of the molecule is OC(c1nccn1COC1CCCCC1)C1CCCCC1. The van der Waals surface area contributed by atoms with Gasteiger partial charge in [0.05, 0.1) is 6.10 Å². The van der Waals surface area contributed by atoms with Crippen molar-refractivity contribution in [1.29, 1.82) is 0 Å². The van der Waals surface area contributed by atoms with Crippen molar-refractivity contribution in [3.05, 3.63) is 18.2 Å². The molecule has 1 unspecified atom stereocenters. The highest BCUT2D eigenvalue weighted by Gasteiger charge is 2.26. The number of imidazole rings is 1. The minimum Gasteiger partial charge on any atom is -0.385 e. The molecule has 1 heterocycles. The molecule has 0 bridgehead atoms. The van der Waals surface area contributed by atoms with Crippen LogP contribution in [0.5, 0.6) is 0 Å². The summed E-state index contributed by atoms with van der Waals surface area (Å²) in [5.41, 5.74) is 0. The van der Waals surface area contributed by atoms with E-state index < -0.39 is 6.10 Å². The van der Waals surface area contributed by atoms with Crippen LogP contribution in [0.1, 0.15) is 76.1 Å². The molecule has 0 saturated heterocycles. The summed E-state index contributed by atoms with van der Waals surface area (Å²) in [5.74, 6) is 1.16. The third kappa shape index (κ3) is 3.86. The van der Waals surface area contributed by atoms with Crippen LogP contribution in [-0.2, 0) is 11.5 Å². The van der Waals surface area contributed by atoms with E-state index in [1.165, 1.54) is 51.4 Å². The smallest absolute Gasteiger partial charge is 0.139 e. The number of aromatic nitrogens is 2. The van der Waals surface area contributed by atoms with E-state index >= 15 is 0 Å². The number of rotatable bonds is 5. The van der Waals surface area contributed by atoms with Crippen molar-refractivity contribution < 1.29 is 9.84 Å². The average molecular weight is 292 g/mol. The highest BCUT2D eigenvalue weighted by molar-refractivity contribution is 4.98. The Labute approximate surface area is 127 Å². The molecular weight excluding hydrogens is 264 g/mol. The van der Waals surface area contributed by atoms with Crippen molar-refractivity contribution in [1.82, 2.24) is 9.55 Å². The van der Waals surface area contributed by atoms with Crippen LogP contribution in [0.3, 0.4) is 0 Å². The van der Waals surface area contributed by atoms with E-state index in [-0.39, 0.29) is 0 Å². The number of hydrogen-bond donors (Lipinski definition) is 1. The highest BCUT2D eigenvalue weighted by Crippen LogP contribution is 2.33. The van der Waals surface area contributed by atoms with Gasteiger partial charge in [-0.3, -0.25) is 0 Å². The van der Waals surface area contributed by atoms with Crippen LogP contribution >= 0.6 is 0 Å². The normalized spacial score (nSPS) is 23.3. The van der Waals surface area contributed by atoms with E-state index in [0.717, 1.165) is 18.7 Å². The van der Waals surface area contributed by atoms with Crippen LogP contribution in [0.2, 0.25) is 0 Å². The maximum Gasteiger partial charge on any atom is 0.139 e. The topological polar surface area (TPSA) is 47.3 Å².